The number of unbranched alkanes of at least 4 members (excludes halogenated alkanes) is 14. The SMILES string of the molecule is CCCCCCCC(CCC(CCCCCCC(=O)[O-])OC(C)=O)OCc1ccccc1.CCCCCCCC(CCC(CCCCCCC(=O)[O-])OC(C)=O)OCc1ccccc1.[Ba+2]. The zero-order valence-electron chi connectivity index (χ0n) is 41.1. The molecule has 11 heteroatoms. The van der Waals surface area contributed by atoms with Gasteiger partial charge in [0.25, 0.3) is 0 Å². The van der Waals surface area contributed by atoms with Crippen LogP contribution in [0.3, 0.4) is 0 Å². The van der Waals surface area contributed by atoms with Gasteiger partial charge in [0.05, 0.1) is 25.4 Å². The number of rotatable bonds is 40. The van der Waals surface area contributed by atoms with E-state index >= 15 is 0 Å². The molecular weight excluding hydrogens is 946 g/mol. The van der Waals surface area contributed by atoms with Gasteiger partial charge in [-0.2, -0.15) is 0 Å². The molecule has 0 aromatic heterocycles. The number of hydrogen-bond donors (Lipinski definition) is 0. The van der Waals surface area contributed by atoms with E-state index in [0.717, 1.165) is 103 Å². The second-order valence-corrected chi connectivity index (χ2v) is 17.5. The van der Waals surface area contributed by atoms with Gasteiger partial charge in [0.1, 0.15) is 12.2 Å². The molecule has 65 heavy (non-hydrogen) atoms. The van der Waals surface area contributed by atoms with Gasteiger partial charge in [-0.3, -0.25) is 9.59 Å². The maximum Gasteiger partial charge on any atom is 2.00 e. The molecule has 2 aromatic carbocycles. The molecule has 0 heterocycles. The van der Waals surface area contributed by atoms with Gasteiger partial charge in [-0.05, 0) is 101 Å². The predicted molar refractivity (Wildman–Crippen MR) is 258 cm³/mol. The number of esters is 2. The molecule has 0 amide bonds. The second-order valence-electron chi connectivity index (χ2n) is 17.5. The molecule has 0 bridgehead atoms. The van der Waals surface area contributed by atoms with Crippen LogP contribution in [0.1, 0.15) is 219 Å². The smallest absolute Gasteiger partial charge is 0.550 e. The Morgan fingerprint density at radius 2 is 0.708 bits per heavy atom. The Hall–Kier alpha value is -2.19. The van der Waals surface area contributed by atoms with Gasteiger partial charge in [0.15, 0.2) is 0 Å². The van der Waals surface area contributed by atoms with Crippen LogP contribution >= 0.6 is 0 Å². The minimum absolute atomic E-state index is 0. The van der Waals surface area contributed by atoms with E-state index < -0.39 is 11.9 Å². The second kappa shape index (κ2) is 44.3. The molecule has 2 aromatic rings. The fraction of sp³-hybridized carbons (Fsp3) is 0.704. The summed E-state index contributed by atoms with van der Waals surface area (Å²) < 4.78 is 23.7. The molecule has 0 aliphatic rings. The van der Waals surface area contributed by atoms with Gasteiger partial charge < -0.3 is 38.7 Å². The molecule has 0 aliphatic carbocycles. The van der Waals surface area contributed by atoms with Crippen LogP contribution in [0.4, 0.5) is 0 Å². The Balaban J connectivity index is 0.00000124. The van der Waals surface area contributed by atoms with Gasteiger partial charge in [-0.25, -0.2) is 0 Å². The average molecular weight is 1030 g/mol. The van der Waals surface area contributed by atoms with Gasteiger partial charge in [0, 0.05) is 25.8 Å². The van der Waals surface area contributed by atoms with E-state index in [9.17, 15) is 29.4 Å². The number of ether oxygens (including phenoxy) is 4. The monoisotopic (exact) mass is 1030 g/mol. The number of benzene rings is 2. The number of aliphatic carboxylic acids is 2. The normalized spacial score (nSPS) is 12.7. The summed E-state index contributed by atoms with van der Waals surface area (Å²) in [6, 6.07) is 20.5. The Morgan fingerprint density at radius 3 is 1.02 bits per heavy atom. The first-order valence-electron chi connectivity index (χ1n) is 25.1. The van der Waals surface area contributed by atoms with Crippen LogP contribution in [0.25, 0.3) is 0 Å². The molecule has 10 nitrogen and oxygen atoms in total. The van der Waals surface area contributed by atoms with Crippen molar-refractivity contribution in [2.24, 2.45) is 0 Å². The number of hydrogen-bond acceptors (Lipinski definition) is 10. The van der Waals surface area contributed by atoms with Crippen molar-refractivity contribution in [2.75, 3.05) is 0 Å². The maximum absolute atomic E-state index is 11.6. The molecule has 4 unspecified atom stereocenters. The van der Waals surface area contributed by atoms with Gasteiger partial charge >= 0.3 is 60.8 Å². The van der Waals surface area contributed by atoms with E-state index in [1.54, 1.807) is 0 Å². The topological polar surface area (TPSA) is 151 Å². The summed E-state index contributed by atoms with van der Waals surface area (Å²) in [4.78, 5) is 44.1. The van der Waals surface area contributed by atoms with Crippen molar-refractivity contribution in [3.63, 3.8) is 0 Å². The largest absolute Gasteiger partial charge is 2.00 e. The van der Waals surface area contributed by atoms with Crippen LogP contribution < -0.4 is 10.2 Å². The molecule has 0 fully saturated rings. The standard InChI is InChI=1S/2C27H44O5.Ba/c2*1-3-4-5-6-12-17-25(31-22-24-15-10-9-11-16-24)20-21-26(32-23(2)28)18-13-7-8-14-19-27(29)30;/h2*9-11,15-16,25-26H,3-8,12-14,17-22H2,1-2H3,(H,29,30);/q;;+2/p-2. The molecule has 2 rings (SSSR count). The third-order valence-corrected chi connectivity index (χ3v) is 11.5. The van der Waals surface area contributed by atoms with E-state index in [1.165, 1.54) is 76.3 Å². The fourth-order valence-electron chi connectivity index (χ4n) is 7.88. The van der Waals surface area contributed by atoms with Crippen LogP contribution in [0, 0.1) is 0 Å². The van der Waals surface area contributed by atoms with Crippen molar-refractivity contribution in [3.8, 4) is 0 Å². The van der Waals surface area contributed by atoms with Gasteiger partial charge in [-0.15, -0.1) is 0 Å². The Bertz CT molecular complexity index is 1320. The summed E-state index contributed by atoms with van der Waals surface area (Å²) >= 11 is 0. The molecule has 0 N–H and O–H groups in total. The predicted octanol–water partition coefficient (Wildman–Crippen LogP) is 11.1. The summed E-state index contributed by atoms with van der Waals surface area (Å²) in [5.41, 5.74) is 2.35. The van der Waals surface area contributed by atoms with Gasteiger partial charge in [-0.1, -0.05) is 164 Å². The number of carbonyl (C=O) groups excluding carboxylic acids is 4. The molecule has 0 saturated heterocycles. The van der Waals surface area contributed by atoms with Crippen molar-refractivity contribution in [2.45, 2.75) is 245 Å². The average Bonchev–Trinajstić information content (AvgIpc) is 3.27. The van der Waals surface area contributed by atoms with E-state index in [0.29, 0.717) is 26.1 Å². The summed E-state index contributed by atoms with van der Waals surface area (Å²) in [6.07, 6.45) is 26.6. The van der Waals surface area contributed by atoms with Crippen molar-refractivity contribution >= 4 is 72.8 Å². The van der Waals surface area contributed by atoms with Crippen molar-refractivity contribution in [3.05, 3.63) is 71.8 Å². The van der Waals surface area contributed by atoms with Crippen LogP contribution in [0.5, 0.6) is 0 Å². The van der Waals surface area contributed by atoms with Crippen molar-refractivity contribution in [1.82, 2.24) is 0 Å². The number of carboxylic acid groups (broad SMARTS) is 2. The van der Waals surface area contributed by atoms with E-state index in [4.69, 9.17) is 18.9 Å². The molecule has 4 atom stereocenters. The summed E-state index contributed by atoms with van der Waals surface area (Å²) in [5, 5.41) is 21.0. The Kier molecular flexibility index (Phi) is 42.8. The van der Waals surface area contributed by atoms with E-state index in [1.807, 2.05) is 36.4 Å². The first-order chi connectivity index (χ1) is 31.0. The summed E-state index contributed by atoms with van der Waals surface area (Å²) in [5.74, 6) is -2.46. The van der Waals surface area contributed by atoms with Gasteiger partial charge in [0.2, 0.25) is 0 Å². The third kappa shape index (κ3) is 40.6. The van der Waals surface area contributed by atoms with Crippen LogP contribution in [0.15, 0.2) is 60.7 Å². The van der Waals surface area contributed by atoms with E-state index in [2.05, 4.69) is 38.1 Å². The first kappa shape index (κ1) is 62.8. The summed E-state index contributed by atoms with van der Waals surface area (Å²) in [7, 11) is 0. The minimum atomic E-state index is -0.987. The zero-order chi connectivity index (χ0) is 46.9. The molecule has 0 aliphatic heterocycles. The molecular formula is C54H86BaO10. The first-order valence-corrected chi connectivity index (χ1v) is 25.1. The summed E-state index contributed by atoms with van der Waals surface area (Å²) in [6.45, 7) is 8.59. The van der Waals surface area contributed by atoms with Crippen LogP contribution in [0.2, 0.25) is 0 Å². The molecule has 364 valence electrons. The number of carbonyl (C=O) groups is 4. The molecule has 0 radical (unpaired) electrons. The maximum atomic E-state index is 11.6. The zero-order valence-corrected chi connectivity index (χ0v) is 45.5. The third-order valence-electron chi connectivity index (χ3n) is 11.5. The minimum Gasteiger partial charge on any atom is -0.550 e. The van der Waals surface area contributed by atoms with E-state index in [-0.39, 0.29) is 98.1 Å². The number of carboxylic acids is 2. The molecule has 0 saturated carbocycles. The Morgan fingerprint density at radius 1 is 0.415 bits per heavy atom. The fourth-order valence-corrected chi connectivity index (χ4v) is 7.88. The van der Waals surface area contributed by atoms with Crippen LogP contribution in [-0.4, -0.2) is 97.2 Å². The van der Waals surface area contributed by atoms with Crippen LogP contribution in [-0.2, 0) is 51.3 Å². The molecule has 0 spiro atoms. The van der Waals surface area contributed by atoms with Crippen molar-refractivity contribution in [1.29, 1.82) is 0 Å². The van der Waals surface area contributed by atoms with Crippen molar-refractivity contribution < 1.29 is 48.3 Å². The Labute approximate surface area is 434 Å². The quantitative estimate of drug-likeness (QED) is 0.0358.